The summed E-state index contributed by atoms with van der Waals surface area (Å²) in [7, 11) is 0. The van der Waals surface area contributed by atoms with Crippen LogP contribution in [0.1, 0.15) is 48.6 Å². The lowest BCUT2D eigenvalue weighted by Crippen LogP contribution is -2.12. The molecule has 4 unspecified atom stereocenters. The number of carbonyl (C=O) groups excluding carboxylic acids is 1. The second-order valence-electron chi connectivity index (χ2n) is 6.78. The molecule has 0 spiro atoms. The van der Waals surface area contributed by atoms with Gasteiger partial charge >= 0.3 is 0 Å². The number of hydrogen-bond acceptors (Lipinski definition) is 1. The van der Waals surface area contributed by atoms with Gasteiger partial charge < -0.3 is 5.32 Å². The highest BCUT2D eigenvalue weighted by molar-refractivity contribution is 6.20. The second-order valence-corrected chi connectivity index (χ2v) is 7.31. The normalized spacial score (nSPS) is 32.2. The zero-order valence-corrected chi connectivity index (χ0v) is 12.3. The van der Waals surface area contributed by atoms with Crippen molar-refractivity contribution >= 4 is 23.2 Å². The number of carbonyl (C=O) groups is 1. The van der Waals surface area contributed by atoms with Gasteiger partial charge in [-0.05, 0) is 60.6 Å². The summed E-state index contributed by atoms with van der Waals surface area (Å²) in [6.07, 6.45) is 7.29. The first-order chi connectivity index (χ1) is 9.69. The van der Waals surface area contributed by atoms with Crippen molar-refractivity contribution in [3.05, 3.63) is 29.3 Å². The standard InChI is InChI=1S/C17H20ClNO/c18-15(8-13-6-10-1-2-11(13)5-10)12-3-4-16-14(7-12)9-17(20)19-16/h3-4,7,10-11,13,15H,1-2,5-6,8-9H2,(H,19,20). The first kappa shape index (κ1) is 12.7. The van der Waals surface area contributed by atoms with Crippen LogP contribution >= 0.6 is 11.6 Å². The van der Waals surface area contributed by atoms with Gasteiger partial charge in [-0.3, -0.25) is 4.79 Å². The van der Waals surface area contributed by atoms with Crippen LogP contribution in [0.25, 0.3) is 0 Å². The molecule has 2 bridgehead atoms. The summed E-state index contributed by atoms with van der Waals surface area (Å²) in [4.78, 5) is 11.4. The molecule has 106 valence electrons. The molecule has 0 radical (unpaired) electrons. The van der Waals surface area contributed by atoms with Crippen LogP contribution in [0.15, 0.2) is 18.2 Å². The fourth-order valence-corrected chi connectivity index (χ4v) is 4.88. The fraction of sp³-hybridized carbons (Fsp3) is 0.588. The van der Waals surface area contributed by atoms with Gasteiger partial charge in [-0.25, -0.2) is 0 Å². The van der Waals surface area contributed by atoms with Gasteiger partial charge in [0.2, 0.25) is 5.91 Å². The molecule has 1 aromatic rings. The van der Waals surface area contributed by atoms with Crippen LogP contribution in [0, 0.1) is 17.8 Å². The molecule has 1 amide bonds. The van der Waals surface area contributed by atoms with E-state index in [4.69, 9.17) is 11.6 Å². The molecule has 1 aromatic carbocycles. The van der Waals surface area contributed by atoms with Crippen molar-refractivity contribution in [1.29, 1.82) is 0 Å². The lowest BCUT2D eigenvalue weighted by molar-refractivity contribution is -0.115. The number of halogens is 1. The SMILES string of the molecule is O=C1Cc2cc(C(Cl)CC3CC4CCC3C4)ccc2N1. The van der Waals surface area contributed by atoms with E-state index < -0.39 is 0 Å². The number of rotatable bonds is 3. The maximum Gasteiger partial charge on any atom is 0.228 e. The monoisotopic (exact) mass is 289 g/mol. The Balaban J connectivity index is 1.47. The van der Waals surface area contributed by atoms with Gasteiger partial charge in [0.25, 0.3) is 0 Å². The van der Waals surface area contributed by atoms with Gasteiger partial charge in [0, 0.05) is 5.69 Å². The van der Waals surface area contributed by atoms with Gasteiger partial charge in [0.05, 0.1) is 11.8 Å². The first-order valence-electron chi connectivity index (χ1n) is 7.76. The Kier molecular flexibility index (Phi) is 3.03. The van der Waals surface area contributed by atoms with E-state index in [9.17, 15) is 4.79 Å². The van der Waals surface area contributed by atoms with Crippen LogP contribution in [0.5, 0.6) is 0 Å². The van der Waals surface area contributed by atoms with E-state index in [1.807, 2.05) is 6.07 Å². The molecular weight excluding hydrogens is 270 g/mol. The number of alkyl halides is 1. The molecule has 20 heavy (non-hydrogen) atoms. The molecule has 3 heteroatoms. The quantitative estimate of drug-likeness (QED) is 0.827. The average molecular weight is 290 g/mol. The van der Waals surface area contributed by atoms with Crippen molar-refractivity contribution in [2.45, 2.75) is 43.9 Å². The summed E-state index contributed by atoms with van der Waals surface area (Å²) < 4.78 is 0. The number of benzene rings is 1. The summed E-state index contributed by atoms with van der Waals surface area (Å²) in [5.41, 5.74) is 3.25. The van der Waals surface area contributed by atoms with E-state index >= 15 is 0 Å². The summed E-state index contributed by atoms with van der Waals surface area (Å²) in [5.74, 6) is 2.83. The smallest absolute Gasteiger partial charge is 0.228 e. The number of anilines is 1. The van der Waals surface area contributed by atoms with Gasteiger partial charge in [-0.1, -0.05) is 18.6 Å². The lowest BCUT2D eigenvalue weighted by atomic mass is 9.84. The Morgan fingerprint density at radius 3 is 2.95 bits per heavy atom. The predicted molar refractivity (Wildman–Crippen MR) is 80.9 cm³/mol. The molecular formula is C17H20ClNO. The van der Waals surface area contributed by atoms with Crippen LogP contribution in [-0.2, 0) is 11.2 Å². The molecule has 4 atom stereocenters. The maximum atomic E-state index is 11.4. The van der Waals surface area contributed by atoms with Crippen LogP contribution in [-0.4, -0.2) is 5.91 Å². The molecule has 1 aliphatic heterocycles. The van der Waals surface area contributed by atoms with Gasteiger partial charge in [-0.2, -0.15) is 0 Å². The third kappa shape index (κ3) is 2.14. The predicted octanol–water partition coefficient (Wildman–Crippen LogP) is 4.29. The Morgan fingerprint density at radius 2 is 2.20 bits per heavy atom. The first-order valence-corrected chi connectivity index (χ1v) is 8.19. The molecule has 2 saturated carbocycles. The minimum Gasteiger partial charge on any atom is -0.326 e. The molecule has 2 nitrogen and oxygen atoms in total. The van der Waals surface area contributed by atoms with Crippen molar-refractivity contribution in [2.75, 3.05) is 5.32 Å². The molecule has 2 aliphatic carbocycles. The lowest BCUT2D eigenvalue weighted by Gasteiger charge is -2.24. The van der Waals surface area contributed by atoms with Gasteiger partial charge in [0.1, 0.15) is 0 Å². The summed E-state index contributed by atoms with van der Waals surface area (Å²) >= 11 is 6.66. The Labute approximate surface area is 124 Å². The van der Waals surface area contributed by atoms with Crippen LogP contribution in [0.3, 0.4) is 0 Å². The van der Waals surface area contributed by atoms with Crippen LogP contribution < -0.4 is 5.32 Å². The summed E-state index contributed by atoms with van der Waals surface area (Å²) in [5, 5.41) is 2.97. The number of nitrogens with one attached hydrogen (secondary N) is 1. The number of amides is 1. The van der Waals surface area contributed by atoms with Gasteiger partial charge in [0.15, 0.2) is 0 Å². The van der Waals surface area contributed by atoms with Gasteiger partial charge in [-0.15, -0.1) is 11.6 Å². The molecule has 0 saturated heterocycles. The number of fused-ring (bicyclic) bond motifs is 3. The van der Waals surface area contributed by atoms with Crippen LogP contribution in [0.4, 0.5) is 5.69 Å². The Bertz CT molecular complexity index is 556. The third-order valence-corrected chi connectivity index (χ3v) is 5.94. The van der Waals surface area contributed by atoms with E-state index in [1.54, 1.807) is 0 Å². The number of hydrogen-bond donors (Lipinski definition) is 1. The van der Waals surface area contributed by atoms with E-state index in [-0.39, 0.29) is 11.3 Å². The Hall–Kier alpha value is -1.02. The van der Waals surface area contributed by atoms with Crippen molar-refractivity contribution < 1.29 is 4.79 Å². The molecule has 3 aliphatic rings. The maximum absolute atomic E-state index is 11.4. The van der Waals surface area contributed by atoms with E-state index in [2.05, 4.69) is 17.4 Å². The highest BCUT2D eigenvalue weighted by Crippen LogP contribution is 2.51. The summed E-state index contributed by atoms with van der Waals surface area (Å²) in [6, 6.07) is 6.21. The van der Waals surface area contributed by atoms with E-state index in [0.717, 1.165) is 35.4 Å². The average Bonchev–Trinajstić information content (AvgIpc) is 3.10. The van der Waals surface area contributed by atoms with Crippen molar-refractivity contribution in [2.24, 2.45) is 17.8 Å². The zero-order chi connectivity index (χ0) is 13.7. The van der Waals surface area contributed by atoms with Crippen molar-refractivity contribution in [1.82, 2.24) is 0 Å². The fourth-order valence-electron chi connectivity index (χ4n) is 4.51. The minimum absolute atomic E-state index is 0.0939. The van der Waals surface area contributed by atoms with E-state index in [1.165, 1.54) is 31.2 Å². The minimum atomic E-state index is 0.0939. The van der Waals surface area contributed by atoms with Crippen molar-refractivity contribution in [3.8, 4) is 0 Å². The third-order valence-electron chi connectivity index (χ3n) is 5.51. The van der Waals surface area contributed by atoms with Crippen LogP contribution in [0.2, 0.25) is 0 Å². The highest BCUT2D eigenvalue weighted by atomic mass is 35.5. The largest absolute Gasteiger partial charge is 0.326 e. The zero-order valence-electron chi connectivity index (χ0n) is 11.6. The van der Waals surface area contributed by atoms with E-state index in [0.29, 0.717) is 6.42 Å². The summed E-state index contributed by atoms with van der Waals surface area (Å²) in [6.45, 7) is 0. The molecule has 0 aromatic heterocycles. The molecule has 2 fully saturated rings. The topological polar surface area (TPSA) is 29.1 Å². The molecule has 1 N–H and O–H groups in total. The Morgan fingerprint density at radius 1 is 1.30 bits per heavy atom. The molecule has 4 rings (SSSR count). The second kappa shape index (κ2) is 4.77. The highest BCUT2D eigenvalue weighted by Gasteiger charge is 2.40. The molecule has 1 heterocycles. The van der Waals surface area contributed by atoms with Crippen molar-refractivity contribution in [3.63, 3.8) is 0 Å².